The Kier molecular flexibility index (Phi) is 3.45. The molecule has 0 aliphatic carbocycles. The highest BCUT2D eigenvalue weighted by Gasteiger charge is 2.45. The number of ether oxygens (including phenoxy) is 1. The number of amides is 1. The van der Waals surface area contributed by atoms with Crippen LogP contribution >= 0.6 is 23.2 Å². The zero-order chi connectivity index (χ0) is 13.5. The Morgan fingerprint density at radius 3 is 2.56 bits per heavy atom. The Hall–Kier alpha value is -0.970. The van der Waals surface area contributed by atoms with E-state index in [9.17, 15) is 4.79 Å². The number of hydrogen-bond donors (Lipinski definition) is 0. The molecule has 1 amide bonds. The SMILES string of the molecule is CC(C)(C)OC(=O)N1OC1c1ccc(Cl)c(Cl)c1. The molecule has 2 rings (SSSR count). The summed E-state index contributed by atoms with van der Waals surface area (Å²) in [4.78, 5) is 16.8. The summed E-state index contributed by atoms with van der Waals surface area (Å²) in [5.41, 5.74) is 0.209. The van der Waals surface area contributed by atoms with Gasteiger partial charge in [0.05, 0.1) is 10.0 Å². The van der Waals surface area contributed by atoms with Crippen LogP contribution in [0.4, 0.5) is 4.79 Å². The molecule has 1 heterocycles. The second-order valence-corrected chi connectivity index (χ2v) is 5.75. The fourth-order valence-electron chi connectivity index (χ4n) is 1.39. The molecule has 0 aromatic heterocycles. The van der Waals surface area contributed by atoms with E-state index >= 15 is 0 Å². The van der Waals surface area contributed by atoms with Crippen LogP contribution in [0.5, 0.6) is 0 Å². The molecule has 0 spiro atoms. The van der Waals surface area contributed by atoms with Gasteiger partial charge < -0.3 is 4.74 Å². The Labute approximate surface area is 115 Å². The molecule has 0 saturated carbocycles. The van der Waals surface area contributed by atoms with Crippen LogP contribution < -0.4 is 0 Å². The van der Waals surface area contributed by atoms with E-state index in [0.717, 1.165) is 10.6 Å². The second kappa shape index (κ2) is 4.61. The van der Waals surface area contributed by atoms with Gasteiger partial charge in [0.1, 0.15) is 5.60 Å². The molecule has 98 valence electrons. The first-order valence-corrected chi connectivity index (χ1v) is 6.17. The third kappa shape index (κ3) is 3.07. The molecule has 1 unspecified atom stereocenters. The Bertz CT molecular complexity index is 485. The molecule has 18 heavy (non-hydrogen) atoms. The minimum absolute atomic E-state index is 0.425. The molecule has 1 aliphatic heterocycles. The van der Waals surface area contributed by atoms with Gasteiger partial charge >= 0.3 is 6.09 Å². The van der Waals surface area contributed by atoms with Gasteiger partial charge in [-0.05, 0) is 32.9 Å². The van der Waals surface area contributed by atoms with E-state index in [4.69, 9.17) is 32.8 Å². The molecule has 4 nitrogen and oxygen atoms in total. The maximum Gasteiger partial charge on any atom is 0.437 e. The normalized spacial score (nSPS) is 18.7. The Morgan fingerprint density at radius 2 is 2.00 bits per heavy atom. The standard InChI is InChI=1S/C12H13Cl2NO3/c1-12(2,3)17-11(16)15-10(18-15)7-4-5-8(13)9(14)6-7/h4-6,10H,1-3H3. The van der Waals surface area contributed by atoms with Crippen molar-refractivity contribution < 1.29 is 14.4 Å². The summed E-state index contributed by atoms with van der Waals surface area (Å²) in [7, 11) is 0. The van der Waals surface area contributed by atoms with Gasteiger partial charge in [0, 0.05) is 5.56 Å². The number of halogens is 2. The Morgan fingerprint density at radius 1 is 1.33 bits per heavy atom. The van der Waals surface area contributed by atoms with E-state index in [1.165, 1.54) is 0 Å². The lowest BCUT2D eigenvalue weighted by molar-refractivity contribution is 0.0209. The van der Waals surface area contributed by atoms with Crippen LogP contribution in [-0.2, 0) is 9.57 Å². The van der Waals surface area contributed by atoms with Gasteiger partial charge in [-0.3, -0.25) is 0 Å². The van der Waals surface area contributed by atoms with E-state index in [-0.39, 0.29) is 0 Å². The zero-order valence-corrected chi connectivity index (χ0v) is 11.7. The van der Waals surface area contributed by atoms with Crippen LogP contribution in [0, 0.1) is 0 Å². The van der Waals surface area contributed by atoms with E-state index in [1.54, 1.807) is 39.0 Å². The first-order valence-electron chi connectivity index (χ1n) is 5.42. The number of benzene rings is 1. The zero-order valence-electron chi connectivity index (χ0n) is 10.2. The summed E-state index contributed by atoms with van der Waals surface area (Å²) in [6.07, 6.45) is -0.965. The second-order valence-electron chi connectivity index (χ2n) is 4.94. The van der Waals surface area contributed by atoms with Crippen molar-refractivity contribution in [2.24, 2.45) is 0 Å². The third-order valence-electron chi connectivity index (χ3n) is 2.18. The molecule has 1 atom stereocenters. The van der Waals surface area contributed by atoms with Gasteiger partial charge in [-0.2, -0.15) is 0 Å². The Balaban J connectivity index is 2.02. The average molecular weight is 290 g/mol. The lowest BCUT2D eigenvalue weighted by atomic mass is 10.2. The fraction of sp³-hybridized carbons (Fsp3) is 0.417. The van der Waals surface area contributed by atoms with Gasteiger partial charge in [-0.15, -0.1) is 5.06 Å². The predicted molar refractivity (Wildman–Crippen MR) is 68.4 cm³/mol. The highest BCUT2D eigenvalue weighted by atomic mass is 35.5. The summed E-state index contributed by atoms with van der Waals surface area (Å²) < 4.78 is 5.17. The van der Waals surface area contributed by atoms with Gasteiger partial charge in [-0.1, -0.05) is 29.3 Å². The van der Waals surface area contributed by atoms with E-state index in [1.807, 2.05) is 0 Å². The average Bonchev–Trinajstić information content (AvgIpc) is 2.99. The minimum Gasteiger partial charge on any atom is -0.442 e. The summed E-state index contributed by atoms with van der Waals surface area (Å²) in [6, 6.07) is 5.08. The molecule has 1 aromatic rings. The number of hydrogen-bond acceptors (Lipinski definition) is 3. The molecule has 1 aromatic carbocycles. The smallest absolute Gasteiger partial charge is 0.437 e. The van der Waals surface area contributed by atoms with E-state index in [2.05, 4.69) is 0 Å². The van der Waals surface area contributed by atoms with Crippen LogP contribution in [0.3, 0.4) is 0 Å². The lowest BCUT2D eigenvalue weighted by Gasteiger charge is -2.18. The summed E-state index contributed by atoms with van der Waals surface area (Å²) in [6.45, 7) is 5.38. The molecule has 1 fully saturated rings. The fourth-order valence-corrected chi connectivity index (χ4v) is 1.69. The molecule has 0 N–H and O–H groups in total. The molecular weight excluding hydrogens is 277 g/mol. The van der Waals surface area contributed by atoms with Crippen molar-refractivity contribution in [3.63, 3.8) is 0 Å². The molecule has 0 bridgehead atoms. The third-order valence-corrected chi connectivity index (χ3v) is 2.92. The number of rotatable bonds is 1. The van der Waals surface area contributed by atoms with Gasteiger partial charge in [0.2, 0.25) is 6.23 Å². The number of nitrogens with zero attached hydrogens (tertiary/aromatic N) is 1. The number of hydroxylamine groups is 2. The summed E-state index contributed by atoms with van der Waals surface area (Å²) in [5, 5.41) is 2.05. The maximum atomic E-state index is 11.7. The van der Waals surface area contributed by atoms with E-state index < -0.39 is 17.9 Å². The first-order chi connectivity index (χ1) is 8.28. The first kappa shape index (κ1) is 13.5. The monoisotopic (exact) mass is 289 g/mol. The number of carbonyl (C=O) groups excluding carboxylic acids is 1. The van der Waals surface area contributed by atoms with Crippen LogP contribution in [0.15, 0.2) is 18.2 Å². The molecule has 0 radical (unpaired) electrons. The topological polar surface area (TPSA) is 41.8 Å². The number of carbonyl (C=O) groups is 1. The van der Waals surface area contributed by atoms with Crippen LogP contribution in [0.2, 0.25) is 10.0 Å². The van der Waals surface area contributed by atoms with Crippen molar-refractivity contribution in [3.8, 4) is 0 Å². The predicted octanol–water partition coefficient (Wildman–Crippen LogP) is 4.17. The van der Waals surface area contributed by atoms with Crippen LogP contribution in [-0.4, -0.2) is 16.8 Å². The highest BCUT2D eigenvalue weighted by molar-refractivity contribution is 6.42. The largest absolute Gasteiger partial charge is 0.442 e. The lowest BCUT2D eigenvalue weighted by Crippen LogP contribution is -2.27. The van der Waals surface area contributed by atoms with Crippen molar-refractivity contribution in [2.75, 3.05) is 0 Å². The van der Waals surface area contributed by atoms with Crippen molar-refractivity contribution in [3.05, 3.63) is 33.8 Å². The quantitative estimate of drug-likeness (QED) is 0.729. The van der Waals surface area contributed by atoms with Gasteiger partial charge in [-0.25, -0.2) is 9.63 Å². The molecule has 6 heteroatoms. The summed E-state index contributed by atoms with van der Waals surface area (Å²) in [5.74, 6) is 0. The van der Waals surface area contributed by atoms with Crippen molar-refractivity contribution >= 4 is 29.3 Å². The molecule has 1 saturated heterocycles. The van der Waals surface area contributed by atoms with E-state index in [0.29, 0.717) is 10.0 Å². The molecule has 1 aliphatic rings. The highest BCUT2D eigenvalue weighted by Crippen LogP contribution is 2.40. The van der Waals surface area contributed by atoms with Gasteiger partial charge in [0.25, 0.3) is 0 Å². The van der Waals surface area contributed by atoms with Crippen molar-refractivity contribution in [1.82, 2.24) is 5.06 Å². The van der Waals surface area contributed by atoms with Crippen LogP contribution in [0.1, 0.15) is 32.6 Å². The van der Waals surface area contributed by atoms with Crippen LogP contribution in [0.25, 0.3) is 0 Å². The van der Waals surface area contributed by atoms with Crippen molar-refractivity contribution in [2.45, 2.75) is 32.6 Å². The maximum absolute atomic E-state index is 11.7. The molecular formula is C12H13Cl2NO3. The van der Waals surface area contributed by atoms with Crippen molar-refractivity contribution in [1.29, 1.82) is 0 Å². The van der Waals surface area contributed by atoms with Gasteiger partial charge in [0.15, 0.2) is 0 Å². The minimum atomic E-state index is -0.550. The summed E-state index contributed by atoms with van der Waals surface area (Å²) >= 11 is 11.7.